The van der Waals surface area contributed by atoms with Gasteiger partial charge in [-0.05, 0) is 30.9 Å². The first-order chi connectivity index (χ1) is 11.3. The number of halogens is 1. The van der Waals surface area contributed by atoms with E-state index in [9.17, 15) is 4.79 Å². The molecule has 0 aliphatic carbocycles. The minimum Gasteiger partial charge on any atom is -0.496 e. The number of methoxy groups -OCH3 is 1. The Balaban J connectivity index is 0.00000208. The highest BCUT2D eigenvalue weighted by molar-refractivity contribution is 7.99. The summed E-state index contributed by atoms with van der Waals surface area (Å²) in [6, 6.07) is 8.80. The Morgan fingerprint density at radius 1 is 1.42 bits per heavy atom. The quantitative estimate of drug-likeness (QED) is 0.865. The van der Waals surface area contributed by atoms with Crippen molar-refractivity contribution < 1.29 is 9.53 Å². The van der Waals surface area contributed by atoms with E-state index in [2.05, 4.69) is 16.3 Å². The summed E-state index contributed by atoms with van der Waals surface area (Å²) in [5.41, 5.74) is 1.20. The van der Waals surface area contributed by atoms with Crippen LogP contribution in [0.3, 0.4) is 0 Å². The lowest BCUT2D eigenvalue weighted by Gasteiger charge is -2.29. The van der Waals surface area contributed by atoms with Crippen LogP contribution in [0, 0.1) is 0 Å². The fraction of sp³-hybridized carbons (Fsp3) is 0.611. The Hall–Kier alpha value is -0.910. The van der Waals surface area contributed by atoms with Crippen LogP contribution in [0.4, 0.5) is 0 Å². The van der Waals surface area contributed by atoms with E-state index in [1.54, 1.807) is 7.11 Å². The van der Waals surface area contributed by atoms with Crippen LogP contribution in [0.25, 0.3) is 0 Å². The van der Waals surface area contributed by atoms with Gasteiger partial charge in [0.25, 0.3) is 0 Å². The van der Waals surface area contributed by atoms with E-state index < -0.39 is 0 Å². The van der Waals surface area contributed by atoms with E-state index in [4.69, 9.17) is 4.74 Å². The zero-order valence-corrected chi connectivity index (χ0v) is 15.8. The number of carbonyl (C=O) groups excluding carboxylic acids is 1. The van der Waals surface area contributed by atoms with Crippen molar-refractivity contribution in [3.05, 3.63) is 29.8 Å². The molecule has 1 aromatic rings. The molecule has 2 atom stereocenters. The van der Waals surface area contributed by atoms with Crippen molar-refractivity contribution in [3.63, 3.8) is 0 Å². The molecule has 2 saturated heterocycles. The predicted molar refractivity (Wildman–Crippen MR) is 102 cm³/mol. The Morgan fingerprint density at radius 3 is 3.00 bits per heavy atom. The van der Waals surface area contributed by atoms with Gasteiger partial charge in [0.15, 0.2) is 0 Å². The highest BCUT2D eigenvalue weighted by Gasteiger charge is 2.30. The number of para-hydroxylation sites is 1. The first kappa shape index (κ1) is 19.4. The summed E-state index contributed by atoms with van der Waals surface area (Å²) >= 11 is 1.95. The molecule has 3 rings (SSSR count). The van der Waals surface area contributed by atoms with Crippen LogP contribution in [0.15, 0.2) is 24.3 Å². The molecule has 24 heavy (non-hydrogen) atoms. The maximum Gasteiger partial charge on any atom is 0.224 e. The summed E-state index contributed by atoms with van der Waals surface area (Å²) in [5.74, 6) is 3.45. The summed E-state index contributed by atoms with van der Waals surface area (Å²) in [4.78, 5) is 14.8. The molecule has 0 saturated carbocycles. The highest BCUT2D eigenvalue weighted by atomic mass is 35.5. The zero-order valence-electron chi connectivity index (χ0n) is 14.2. The molecule has 2 aliphatic rings. The van der Waals surface area contributed by atoms with Gasteiger partial charge in [-0.2, -0.15) is 11.8 Å². The summed E-state index contributed by atoms with van der Waals surface area (Å²) < 4.78 is 5.46. The van der Waals surface area contributed by atoms with Gasteiger partial charge in [-0.1, -0.05) is 18.2 Å². The molecular formula is C18H27ClN2O2S. The number of benzene rings is 1. The highest BCUT2D eigenvalue weighted by Crippen LogP contribution is 2.27. The fourth-order valence-corrected chi connectivity index (χ4v) is 4.53. The number of thioether (sulfide) groups is 1. The largest absolute Gasteiger partial charge is 0.496 e. The van der Waals surface area contributed by atoms with Crippen molar-refractivity contribution in [3.8, 4) is 5.75 Å². The lowest BCUT2D eigenvalue weighted by atomic mass is 10.0. The fourth-order valence-electron chi connectivity index (χ4n) is 3.58. The van der Waals surface area contributed by atoms with Crippen molar-refractivity contribution >= 4 is 30.1 Å². The number of carbonyl (C=O) groups is 1. The van der Waals surface area contributed by atoms with Gasteiger partial charge in [0, 0.05) is 43.1 Å². The SMILES string of the molecule is COc1ccccc1CC1CCCN1C(=O)CC1CSCCN1.Cl. The summed E-state index contributed by atoms with van der Waals surface area (Å²) in [6.45, 7) is 1.92. The monoisotopic (exact) mass is 370 g/mol. The predicted octanol–water partition coefficient (Wildman–Crippen LogP) is 2.75. The molecule has 134 valence electrons. The normalized spacial score (nSPS) is 23.6. The van der Waals surface area contributed by atoms with Crippen molar-refractivity contribution in [1.29, 1.82) is 0 Å². The molecule has 1 N–H and O–H groups in total. The van der Waals surface area contributed by atoms with Gasteiger partial charge in [0.1, 0.15) is 5.75 Å². The van der Waals surface area contributed by atoms with Crippen LogP contribution < -0.4 is 10.1 Å². The van der Waals surface area contributed by atoms with E-state index in [0.29, 0.717) is 24.4 Å². The van der Waals surface area contributed by atoms with Crippen molar-refractivity contribution in [2.24, 2.45) is 0 Å². The molecule has 2 aliphatic heterocycles. The molecule has 2 fully saturated rings. The summed E-state index contributed by atoms with van der Waals surface area (Å²) in [7, 11) is 1.71. The second kappa shape index (κ2) is 9.54. The lowest BCUT2D eigenvalue weighted by Crippen LogP contribution is -2.44. The second-order valence-corrected chi connectivity index (χ2v) is 7.48. The average molecular weight is 371 g/mol. The number of ether oxygens (including phenoxy) is 1. The molecule has 0 radical (unpaired) electrons. The number of hydrogen-bond acceptors (Lipinski definition) is 4. The molecule has 2 heterocycles. The first-order valence-corrected chi connectivity index (χ1v) is 9.66. The molecule has 1 aromatic carbocycles. The Morgan fingerprint density at radius 2 is 2.25 bits per heavy atom. The van der Waals surface area contributed by atoms with Crippen LogP contribution in [0.5, 0.6) is 5.75 Å². The lowest BCUT2D eigenvalue weighted by molar-refractivity contribution is -0.132. The first-order valence-electron chi connectivity index (χ1n) is 8.50. The topological polar surface area (TPSA) is 41.6 Å². The van der Waals surface area contributed by atoms with Crippen LogP contribution in [0.2, 0.25) is 0 Å². The van der Waals surface area contributed by atoms with Gasteiger partial charge in [-0.15, -0.1) is 12.4 Å². The summed E-state index contributed by atoms with van der Waals surface area (Å²) in [6.07, 6.45) is 3.73. The van der Waals surface area contributed by atoms with Gasteiger partial charge in [-0.3, -0.25) is 4.79 Å². The van der Waals surface area contributed by atoms with Crippen LogP contribution in [-0.4, -0.2) is 54.6 Å². The Kier molecular flexibility index (Phi) is 7.72. The van der Waals surface area contributed by atoms with Crippen molar-refractivity contribution in [2.45, 2.75) is 37.8 Å². The number of hydrogen-bond donors (Lipinski definition) is 1. The molecule has 0 bridgehead atoms. The number of likely N-dealkylation sites (tertiary alicyclic amines) is 1. The van der Waals surface area contributed by atoms with Crippen molar-refractivity contribution in [2.75, 3.05) is 31.7 Å². The van der Waals surface area contributed by atoms with E-state index in [-0.39, 0.29) is 12.4 Å². The zero-order chi connectivity index (χ0) is 16.1. The Labute approximate surface area is 155 Å². The molecule has 6 heteroatoms. The van der Waals surface area contributed by atoms with Gasteiger partial charge in [-0.25, -0.2) is 0 Å². The Bertz CT molecular complexity index is 538. The molecule has 0 spiro atoms. The number of rotatable bonds is 5. The standard InChI is InChI=1S/C18H26N2O2S.ClH/c1-22-17-7-3-2-5-14(17)11-16-6-4-9-20(16)18(21)12-15-13-23-10-8-19-15;/h2-3,5,7,15-16,19H,4,6,8-13H2,1H3;1H. The van der Waals surface area contributed by atoms with Crippen LogP contribution in [-0.2, 0) is 11.2 Å². The number of nitrogens with one attached hydrogen (secondary N) is 1. The van der Waals surface area contributed by atoms with E-state index in [1.807, 2.05) is 30.0 Å². The maximum absolute atomic E-state index is 12.7. The second-order valence-electron chi connectivity index (χ2n) is 6.33. The van der Waals surface area contributed by atoms with Gasteiger partial charge < -0.3 is 15.0 Å². The third-order valence-corrected chi connectivity index (χ3v) is 5.90. The number of nitrogens with zero attached hydrogens (tertiary/aromatic N) is 1. The van der Waals surface area contributed by atoms with E-state index in [1.165, 1.54) is 5.56 Å². The van der Waals surface area contributed by atoms with Gasteiger partial charge >= 0.3 is 0 Å². The van der Waals surface area contributed by atoms with Crippen LogP contribution in [0.1, 0.15) is 24.8 Å². The third kappa shape index (κ3) is 4.80. The van der Waals surface area contributed by atoms with Gasteiger partial charge in [0.05, 0.1) is 7.11 Å². The van der Waals surface area contributed by atoms with Crippen LogP contribution >= 0.6 is 24.2 Å². The average Bonchev–Trinajstić information content (AvgIpc) is 3.04. The third-order valence-electron chi connectivity index (χ3n) is 4.77. The molecule has 0 aromatic heterocycles. The smallest absolute Gasteiger partial charge is 0.224 e. The summed E-state index contributed by atoms with van der Waals surface area (Å²) in [5, 5.41) is 3.47. The minimum atomic E-state index is 0. The van der Waals surface area contributed by atoms with Crippen molar-refractivity contribution in [1.82, 2.24) is 10.2 Å². The molecule has 1 amide bonds. The van der Waals surface area contributed by atoms with E-state index >= 15 is 0 Å². The number of amides is 1. The molecule has 2 unspecified atom stereocenters. The van der Waals surface area contributed by atoms with Gasteiger partial charge in [0.2, 0.25) is 5.91 Å². The maximum atomic E-state index is 12.7. The van der Waals surface area contributed by atoms with E-state index in [0.717, 1.165) is 49.6 Å². The minimum absolute atomic E-state index is 0. The molecular weight excluding hydrogens is 344 g/mol. The molecule has 4 nitrogen and oxygen atoms in total.